The molecule has 4 rings (SSSR count). The molecule has 0 aliphatic carbocycles. The number of fused-ring (bicyclic) bond motifs is 3. The van der Waals surface area contributed by atoms with Gasteiger partial charge in [0.15, 0.2) is 0 Å². The van der Waals surface area contributed by atoms with E-state index >= 15 is 0 Å². The highest BCUT2D eigenvalue weighted by atomic mass is 16.3. The van der Waals surface area contributed by atoms with Gasteiger partial charge in [-0.2, -0.15) is 0 Å². The van der Waals surface area contributed by atoms with Gasteiger partial charge in [0.25, 0.3) is 0 Å². The van der Waals surface area contributed by atoms with Crippen molar-refractivity contribution < 1.29 is 18.6 Å². The standard InChI is InChI=1S/C17H33N4O/c1-17(2)19-6-5-18(16-19)4-3-7-20-8-11-21(12-9-20,13-10-20)14-15-22/h5-6,16-17,22H,3-4,7-15H2,1-2H3/q+3. The summed E-state index contributed by atoms with van der Waals surface area (Å²) in [5.41, 5.74) is 0. The van der Waals surface area contributed by atoms with E-state index in [-0.39, 0.29) is 0 Å². The fraction of sp³-hybridized carbons (Fsp3) is 0.824. The van der Waals surface area contributed by atoms with Gasteiger partial charge in [0, 0.05) is 6.42 Å². The Hall–Kier alpha value is -0.910. The Morgan fingerprint density at radius 1 is 1.05 bits per heavy atom. The first-order valence-electron chi connectivity index (χ1n) is 8.94. The summed E-state index contributed by atoms with van der Waals surface area (Å²) in [6.45, 7) is 16.0. The second-order valence-corrected chi connectivity index (χ2v) is 7.74. The lowest BCUT2D eigenvalue weighted by Crippen LogP contribution is -2.75. The average molecular weight is 309 g/mol. The van der Waals surface area contributed by atoms with Gasteiger partial charge in [-0.3, -0.25) is 0 Å². The molecule has 0 unspecified atom stereocenters. The summed E-state index contributed by atoms with van der Waals surface area (Å²) in [7, 11) is 0. The lowest BCUT2D eigenvalue weighted by Gasteiger charge is -2.55. The summed E-state index contributed by atoms with van der Waals surface area (Å²) in [5.74, 6) is 0. The van der Waals surface area contributed by atoms with Crippen LogP contribution in [0.4, 0.5) is 0 Å². The van der Waals surface area contributed by atoms with E-state index in [1.54, 1.807) is 0 Å². The predicted octanol–water partition coefficient (Wildman–Crippen LogP) is 0.400. The molecule has 0 amide bonds. The Morgan fingerprint density at radius 2 is 1.64 bits per heavy atom. The zero-order chi connectivity index (χ0) is 15.6. The largest absolute Gasteiger partial charge is 0.391 e. The molecule has 5 nitrogen and oxygen atoms in total. The highest BCUT2D eigenvalue weighted by molar-refractivity contribution is 4.70. The Labute approximate surface area is 134 Å². The Balaban J connectivity index is 1.48. The van der Waals surface area contributed by atoms with Gasteiger partial charge in [-0.1, -0.05) is 0 Å². The van der Waals surface area contributed by atoms with Crippen molar-refractivity contribution >= 4 is 0 Å². The van der Waals surface area contributed by atoms with E-state index in [2.05, 4.69) is 41.7 Å². The number of piperazine rings is 3. The van der Waals surface area contributed by atoms with Crippen LogP contribution in [0, 0.1) is 0 Å². The molecule has 3 saturated heterocycles. The molecule has 0 atom stereocenters. The quantitative estimate of drug-likeness (QED) is 0.573. The van der Waals surface area contributed by atoms with E-state index in [1.807, 2.05) is 0 Å². The zero-order valence-electron chi connectivity index (χ0n) is 14.3. The van der Waals surface area contributed by atoms with Crippen molar-refractivity contribution in [3.05, 3.63) is 18.7 Å². The minimum Gasteiger partial charge on any atom is -0.391 e. The second kappa shape index (κ2) is 6.30. The van der Waals surface area contributed by atoms with E-state index in [0.29, 0.717) is 12.6 Å². The van der Waals surface area contributed by atoms with Gasteiger partial charge in [-0.25, -0.2) is 9.13 Å². The number of aromatic nitrogens is 2. The van der Waals surface area contributed by atoms with Crippen LogP contribution in [-0.4, -0.2) is 77.6 Å². The molecule has 5 heteroatoms. The molecule has 1 aromatic rings. The minimum atomic E-state index is 0.351. The molecule has 1 N–H and O–H groups in total. The van der Waals surface area contributed by atoms with Crippen molar-refractivity contribution in [3.63, 3.8) is 0 Å². The average Bonchev–Trinajstić information content (AvgIpc) is 2.99. The van der Waals surface area contributed by atoms with Crippen molar-refractivity contribution in [3.8, 4) is 0 Å². The summed E-state index contributed by atoms with van der Waals surface area (Å²) in [6.07, 6.45) is 7.89. The highest BCUT2D eigenvalue weighted by Crippen LogP contribution is 2.26. The van der Waals surface area contributed by atoms with Gasteiger partial charge >= 0.3 is 0 Å². The number of aliphatic hydroxyl groups is 1. The Kier molecular flexibility index (Phi) is 4.57. The minimum absolute atomic E-state index is 0.351. The number of imidazole rings is 1. The second-order valence-electron chi connectivity index (χ2n) is 7.74. The number of rotatable bonds is 7. The fourth-order valence-electron chi connectivity index (χ4n) is 4.26. The molecule has 0 spiro atoms. The van der Waals surface area contributed by atoms with Crippen molar-refractivity contribution in [1.29, 1.82) is 0 Å². The molecule has 0 aromatic carbocycles. The van der Waals surface area contributed by atoms with E-state index in [4.69, 9.17) is 0 Å². The lowest BCUT2D eigenvalue weighted by molar-refractivity contribution is -1.08. The van der Waals surface area contributed by atoms with E-state index < -0.39 is 0 Å². The van der Waals surface area contributed by atoms with E-state index in [1.165, 1.54) is 61.2 Å². The van der Waals surface area contributed by atoms with Crippen LogP contribution in [-0.2, 0) is 6.54 Å². The van der Waals surface area contributed by atoms with Crippen LogP contribution >= 0.6 is 0 Å². The lowest BCUT2D eigenvalue weighted by atomic mass is 10.1. The number of hydrogen-bond acceptors (Lipinski definition) is 1. The van der Waals surface area contributed by atoms with Crippen LogP contribution in [0.1, 0.15) is 26.3 Å². The van der Waals surface area contributed by atoms with Crippen LogP contribution in [0.25, 0.3) is 0 Å². The van der Waals surface area contributed by atoms with Gasteiger partial charge in [-0.05, 0) is 13.8 Å². The summed E-state index contributed by atoms with van der Waals surface area (Å²) in [5, 5.41) is 9.28. The molecule has 2 bridgehead atoms. The fourth-order valence-corrected chi connectivity index (χ4v) is 4.26. The zero-order valence-corrected chi connectivity index (χ0v) is 14.3. The molecule has 3 aliphatic heterocycles. The van der Waals surface area contributed by atoms with Crippen molar-refractivity contribution in [2.45, 2.75) is 32.9 Å². The van der Waals surface area contributed by atoms with Crippen molar-refractivity contribution in [2.75, 3.05) is 59.0 Å². The SMILES string of the molecule is CC(C)n1cc[n+](CCC[N+]23CC[N+](CCO)(CC2)CC3)c1. The maximum Gasteiger partial charge on any atom is 0.243 e. The van der Waals surface area contributed by atoms with Crippen LogP contribution in [0.3, 0.4) is 0 Å². The molecule has 0 radical (unpaired) electrons. The molecule has 0 saturated carbocycles. The van der Waals surface area contributed by atoms with Gasteiger partial charge in [-0.15, -0.1) is 0 Å². The number of aliphatic hydroxyl groups excluding tert-OH is 1. The summed E-state index contributed by atoms with van der Waals surface area (Å²) in [6, 6.07) is 0.546. The van der Waals surface area contributed by atoms with Crippen LogP contribution in [0.15, 0.2) is 18.7 Å². The van der Waals surface area contributed by atoms with Crippen molar-refractivity contribution in [1.82, 2.24) is 4.57 Å². The molecule has 4 heterocycles. The first-order valence-corrected chi connectivity index (χ1v) is 8.94. The highest BCUT2D eigenvalue weighted by Gasteiger charge is 2.48. The smallest absolute Gasteiger partial charge is 0.243 e. The molecular formula is C17H33N4O+3. The molecular weight excluding hydrogens is 276 g/mol. The van der Waals surface area contributed by atoms with Crippen LogP contribution in [0.2, 0.25) is 0 Å². The molecule has 22 heavy (non-hydrogen) atoms. The Morgan fingerprint density at radius 3 is 2.14 bits per heavy atom. The molecule has 124 valence electrons. The number of aryl methyl sites for hydroxylation is 1. The predicted molar refractivity (Wildman–Crippen MR) is 86.2 cm³/mol. The third-order valence-corrected chi connectivity index (χ3v) is 6.08. The molecule has 3 aliphatic rings. The molecule has 1 aromatic heterocycles. The van der Waals surface area contributed by atoms with Gasteiger partial charge in [0.05, 0.1) is 25.7 Å². The number of quaternary nitrogens is 2. The van der Waals surface area contributed by atoms with E-state index in [9.17, 15) is 5.11 Å². The van der Waals surface area contributed by atoms with Crippen LogP contribution in [0.5, 0.6) is 0 Å². The maximum absolute atomic E-state index is 9.28. The van der Waals surface area contributed by atoms with Gasteiger partial charge < -0.3 is 14.1 Å². The normalized spacial score (nSPS) is 31.1. The topological polar surface area (TPSA) is 29.0 Å². The summed E-state index contributed by atoms with van der Waals surface area (Å²) in [4.78, 5) is 0. The monoisotopic (exact) mass is 309 g/mol. The summed E-state index contributed by atoms with van der Waals surface area (Å²) < 4.78 is 7.12. The first-order chi connectivity index (χ1) is 10.6. The van der Waals surface area contributed by atoms with E-state index in [0.717, 1.165) is 13.1 Å². The van der Waals surface area contributed by atoms with Gasteiger partial charge in [0.1, 0.15) is 58.2 Å². The third-order valence-electron chi connectivity index (χ3n) is 6.08. The number of hydrogen-bond donors (Lipinski definition) is 1. The van der Waals surface area contributed by atoms with Crippen molar-refractivity contribution in [2.24, 2.45) is 0 Å². The maximum atomic E-state index is 9.28. The number of nitrogens with zero attached hydrogens (tertiary/aromatic N) is 4. The van der Waals surface area contributed by atoms with Gasteiger partial charge in [0.2, 0.25) is 6.33 Å². The first kappa shape index (κ1) is 16.0. The summed E-state index contributed by atoms with van der Waals surface area (Å²) >= 11 is 0. The van der Waals surface area contributed by atoms with Crippen LogP contribution < -0.4 is 4.57 Å². The molecule has 3 fully saturated rings. The third kappa shape index (κ3) is 3.21. The Bertz CT molecular complexity index is 472.